The summed E-state index contributed by atoms with van der Waals surface area (Å²) in [7, 11) is 3.85. The molecule has 0 amide bonds. The highest BCUT2D eigenvalue weighted by atomic mass is 32.2. The maximum Gasteiger partial charge on any atom is 0.238 e. The van der Waals surface area contributed by atoms with Crippen molar-refractivity contribution in [2.45, 2.75) is 42.9 Å². The smallest absolute Gasteiger partial charge is 0.238 e. The molecule has 3 heterocycles. The Kier molecular flexibility index (Phi) is 5.31. The number of anilines is 1. The minimum atomic E-state index is 0.667. The summed E-state index contributed by atoms with van der Waals surface area (Å²) in [6.45, 7) is 2.11. The van der Waals surface area contributed by atoms with Crippen LogP contribution in [-0.2, 0) is 12.8 Å². The lowest BCUT2D eigenvalue weighted by molar-refractivity contribution is 0.351. The van der Waals surface area contributed by atoms with Gasteiger partial charge in [0.05, 0.1) is 7.11 Å². The zero-order chi connectivity index (χ0) is 17.9. The topological polar surface area (TPSA) is 50.3 Å². The zero-order valence-electron chi connectivity index (χ0n) is 15.5. The number of nitrogens with zero attached hydrogens (tertiary/aromatic N) is 3. The molecule has 0 bridgehead atoms. The summed E-state index contributed by atoms with van der Waals surface area (Å²) in [6.07, 6.45) is 7.87. The van der Waals surface area contributed by atoms with Crippen LogP contribution in [0.15, 0.2) is 29.3 Å². The summed E-state index contributed by atoms with van der Waals surface area (Å²) in [5.74, 6) is 1.34. The van der Waals surface area contributed by atoms with Gasteiger partial charge in [0.2, 0.25) is 5.88 Å². The van der Waals surface area contributed by atoms with Crippen LogP contribution < -0.4 is 9.46 Å². The van der Waals surface area contributed by atoms with Crippen LogP contribution in [0.5, 0.6) is 5.88 Å². The molecule has 0 aromatic carbocycles. The molecule has 0 spiro atoms. The Bertz CT molecular complexity index is 761. The average molecular weight is 371 g/mol. The van der Waals surface area contributed by atoms with Gasteiger partial charge < -0.3 is 14.4 Å². The summed E-state index contributed by atoms with van der Waals surface area (Å²) in [6, 6.07) is 6.51. The molecule has 1 aliphatic carbocycles. The van der Waals surface area contributed by atoms with E-state index in [4.69, 9.17) is 9.72 Å². The minimum absolute atomic E-state index is 0.667. The lowest BCUT2D eigenvalue weighted by Crippen LogP contribution is -2.20. The van der Waals surface area contributed by atoms with Crippen molar-refractivity contribution in [2.75, 3.05) is 32.0 Å². The van der Waals surface area contributed by atoms with E-state index in [0.717, 1.165) is 42.2 Å². The van der Waals surface area contributed by atoms with Crippen molar-refractivity contribution in [3.63, 3.8) is 0 Å². The van der Waals surface area contributed by atoms with E-state index >= 15 is 0 Å². The summed E-state index contributed by atoms with van der Waals surface area (Å²) < 4.78 is 8.94. The third kappa shape index (κ3) is 3.81. The molecule has 26 heavy (non-hydrogen) atoms. The minimum Gasteiger partial charge on any atom is -0.479 e. The zero-order valence-corrected chi connectivity index (χ0v) is 16.3. The van der Waals surface area contributed by atoms with E-state index in [1.165, 1.54) is 30.5 Å². The number of hydrogen-bond acceptors (Lipinski definition) is 6. The molecular weight excluding hydrogens is 344 g/mol. The highest BCUT2D eigenvalue weighted by Crippen LogP contribution is 2.36. The molecule has 1 aliphatic heterocycles. The van der Waals surface area contributed by atoms with Crippen molar-refractivity contribution in [1.29, 1.82) is 0 Å². The van der Waals surface area contributed by atoms with Crippen LogP contribution in [-0.4, -0.2) is 42.1 Å². The third-order valence-corrected chi connectivity index (χ3v) is 6.20. The Morgan fingerprint density at radius 3 is 2.77 bits per heavy atom. The van der Waals surface area contributed by atoms with Crippen molar-refractivity contribution in [3.05, 3.63) is 41.3 Å². The van der Waals surface area contributed by atoms with Gasteiger partial charge in [0.1, 0.15) is 5.69 Å². The van der Waals surface area contributed by atoms with Gasteiger partial charge in [-0.25, -0.2) is 4.98 Å². The van der Waals surface area contributed by atoms with Gasteiger partial charge in [0.15, 0.2) is 0 Å². The quantitative estimate of drug-likeness (QED) is 0.806. The molecule has 6 heteroatoms. The number of hydrogen-bond donors (Lipinski definition) is 1. The van der Waals surface area contributed by atoms with Gasteiger partial charge >= 0.3 is 0 Å². The number of fused-ring (bicyclic) bond motifs is 1. The molecule has 2 aromatic heterocycles. The Labute approximate surface area is 159 Å². The van der Waals surface area contributed by atoms with E-state index in [9.17, 15) is 0 Å². The Morgan fingerprint density at radius 1 is 1.23 bits per heavy atom. The monoisotopic (exact) mass is 370 g/mol. The van der Waals surface area contributed by atoms with Gasteiger partial charge in [-0.15, -0.1) is 0 Å². The number of likely N-dealkylation sites (N-methyl/N-ethyl adjacent to an activating group) is 1. The lowest BCUT2D eigenvalue weighted by atomic mass is 9.83. The largest absolute Gasteiger partial charge is 0.479 e. The Morgan fingerprint density at radius 2 is 2.08 bits per heavy atom. The van der Waals surface area contributed by atoms with Crippen molar-refractivity contribution in [1.82, 2.24) is 14.9 Å². The molecule has 1 saturated carbocycles. The summed E-state index contributed by atoms with van der Waals surface area (Å²) in [4.78, 5) is 12.8. The van der Waals surface area contributed by atoms with E-state index in [-0.39, 0.29) is 0 Å². The van der Waals surface area contributed by atoms with Crippen LogP contribution in [0.4, 0.5) is 5.69 Å². The standard InChI is InChI=1S/C20H26N4OS/c1-24-10-8-15-12-19(20(25-2)22-18(15)9-11-24)23-26-16-6-7-17(21-13-16)14-4-3-5-14/h6-7,12-14,23H,3-5,8-11H2,1-2H3. The van der Waals surface area contributed by atoms with Gasteiger partial charge in [-0.3, -0.25) is 4.98 Å². The van der Waals surface area contributed by atoms with Crippen molar-refractivity contribution in [2.24, 2.45) is 0 Å². The molecule has 2 aromatic rings. The molecule has 138 valence electrons. The van der Waals surface area contributed by atoms with Crippen LogP contribution >= 0.6 is 11.9 Å². The summed E-state index contributed by atoms with van der Waals surface area (Å²) in [5, 5.41) is 0. The van der Waals surface area contributed by atoms with Crippen molar-refractivity contribution in [3.8, 4) is 5.88 Å². The number of rotatable bonds is 5. The predicted molar refractivity (Wildman–Crippen MR) is 106 cm³/mol. The lowest BCUT2D eigenvalue weighted by Gasteiger charge is -2.24. The fourth-order valence-corrected chi connectivity index (χ4v) is 4.08. The van der Waals surface area contributed by atoms with Gasteiger partial charge in [-0.1, -0.05) is 6.42 Å². The highest BCUT2D eigenvalue weighted by molar-refractivity contribution is 8.00. The summed E-state index contributed by atoms with van der Waals surface area (Å²) in [5.41, 5.74) is 4.64. The maximum absolute atomic E-state index is 5.52. The molecule has 0 atom stereocenters. The second-order valence-electron chi connectivity index (χ2n) is 7.21. The van der Waals surface area contributed by atoms with Crippen molar-refractivity contribution < 1.29 is 4.74 Å². The first-order chi connectivity index (χ1) is 12.7. The van der Waals surface area contributed by atoms with Crippen LogP contribution in [0.25, 0.3) is 0 Å². The first-order valence-corrected chi connectivity index (χ1v) is 10.2. The highest BCUT2D eigenvalue weighted by Gasteiger charge is 2.20. The van der Waals surface area contributed by atoms with E-state index in [1.807, 2.05) is 6.20 Å². The molecule has 5 nitrogen and oxygen atoms in total. The predicted octanol–water partition coefficient (Wildman–Crippen LogP) is 3.90. The first kappa shape index (κ1) is 17.6. The average Bonchev–Trinajstić information content (AvgIpc) is 2.80. The molecule has 0 saturated heterocycles. The van der Waals surface area contributed by atoms with Gasteiger partial charge in [0, 0.05) is 47.9 Å². The van der Waals surface area contributed by atoms with Crippen LogP contribution in [0, 0.1) is 0 Å². The number of methoxy groups -OCH3 is 1. The van der Waals surface area contributed by atoms with E-state index < -0.39 is 0 Å². The second-order valence-corrected chi connectivity index (χ2v) is 8.08. The van der Waals surface area contributed by atoms with E-state index in [0.29, 0.717) is 11.8 Å². The molecule has 4 rings (SSSR count). The fraction of sp³-hybridized carbons (Fsp3) is 0.500. The molecule has 0 radical (unpaired) electrons. The van der Waals surface area contributed by atoms with E-state index in [2.05, 4.69) is 39.9 Å². The molecule has 0 unspecified atom stereocenters. The number of aromatic nitrogens is 2. The second kappa shape index (κ2) is 7.84. The van der Waals surface area contributed by atoms with E-state index in [1.54, 1.807) is 19.1 Å². The van der Waals surface area contributed by atoms with Crippen LogP contribution in [0.2, 0.25) is 0 Å². The SMILES string of the molecule is COc1nc2c(cc1NSc1ccc(C3CCC3)nc1)CCN(C)CC2. The van der Waals surface area contributed by atoms with Crippen LogP contribution in [0.1, 0.15) is 42.1 Å². The third-order valence-electron chi connectivity index (χ3n) is 5.40. The number of ether oxygens (including phenoxy) is 1. The first-order valence-electron chi connectivity index (χ1n) is 9.37. The Balaban J connectivity index is 1.47. The molecule has 2 aliphatic rings. The normalized spacial score (nSPS) is 17.9. The number of pyridine rings is 2. The van der Waals surface area contributed by atoms with Gasteiger partial charge in [-0.2, -0.15) is 0 Å². The molecular formula is C20H26N4OS. The fourth-order valence-electron chi connectivity index (χ4n) is 3.47. The van der Waals surface area contributed by atoms with Crippen LogP contribution in [0.3, 0.4) is 0 Å². The maximum atomic E-state index is 5.52. The summed E-state index contributed by atoms with van der Waals surface area (Å²) >= 11 is 1.56. The van der Waals surface area contributed by atoms with Crippen molar-refractivity contribution >= 4 is 17.6 Å². The van der Waals surface area contributed by atoms with Gasteiger partial charge in [-0.05, 0) is 62.0 Å². The Hall–Kier alpha value is -1.79. The molecule has 1 fully saturated rings. The molecule has 1 N–H and O–H groups in total. The number of nitrogens with one attached hydrogen (secondary N) is 1. The van der Waals surface area contributed by atoms with Gasteiger partial charge in [0.25, 0.3) is 0 Å².